The summed E-state index contributed by atoms with van der Waals surface area (Å²) >= 11 is 0. The zero-order valence-electron chi connectivity index (χ0n) is 15.2. The molecular formula is C17H28N6O. The zero-order chi connectivity index (χ0) is 17.3. The van der Waals surface area contributed by atoms with E-state index in [-0.39, 0.29) is 5.91 Å². The molecule has 1 aliphatic carbocycles. The molecule has 0 aromatic carbocycles. The number of rotatable bonds is 4. The molecule has 7 heteroatoms. The van der Waals surface area contributed by atoms with Gasteiger partial charge in [0, 0.05) is 44.0 Å². The highest BCUT2D eigenvalue weighted by Crippen LogP contribution is 2.28. The van der Waals surface area contributed by atoms with Gasteiger partial charge in [-0.1, -0.05) is 0 Å². The summed E-state index contributed by atoms with van der Waals surface area (Å²) in [4.78, 5) is 21.3. The molecule has 1 amide bonds. The Labute approximate surface area is 143 Å². The number of hydrogen-bond donors (Lipinski definition) is 1. The van der Waals surface area contributed by atoms with Crippen LogP contribution >= 0.6 is 0 Å². The van der Waals surface area contributed by atoms with Crippen LogP contribution in [0.1, 0.15) is 36.7 Å². The summed E-state index contributed by atoms with van der Waals surface area (Å²) in [6, 6.07) is 0.500. The van der Waals surface area contributed by atoms with E-state index in [1.807, 2.05) is 23.6 Å². The third-order valence-corrected chi connectivity index (χ3v) is 4.93. The first-order chi connectivity index (χ1) is 11.5. The predicted octanol–water partition coefficient (Wildman–Crippen LogP) is 0.809. The first-order valence-corrected chi connectivity index (χ1v) is 8.83. The maximum absolute atomic E-state index is 12.4. The van der Waals surface area contributed by atoms with Crippen LogP contribution in [0.25, 0.3) is 0 Å². The molecule has 1 saturated carbocycles. The molecule has 1 N–H and O–H groups in total. The monoisotopic (exact) mass is 332 g/mol. The minimum Gasteiger partial charge on any atom is -0.356 e. The molecule has 1 aromatic heterocycles. The van der Waals surface area contributed by atoms with Crippen LogP contribution in [0.2, 0.25) is 0 Å². The summed E-state index contributed by atoms with van der Waals surface area (Å²) in [6.45, 7) is 9.59. The SMILES string of the molecule is CCNC(=NCc1c(C)nn(C)c1C)N1CCN(C2CC2)C(=O)C1. The maximum Gasteiger partial charge on any atom is 0.242 e. The first-order valence-electron chi connectivity index (χ1n) is 8.83. The summed E-state index contributed by atoms with van der Waals surface area (Å²) in [5.41, 5.74) is 3.32. The molecule has 0 unspecified atom stereocenters. The second-order valence-corrected chi connectivity index (χ2v) is 6.68. The number of carbonyl (C=O) groups is 1. The fourth-order valence-corrected chi connectivity index (χ4v) is 3.27. The minimum atomic E-state index is 0.225. The highest BCUT2D eigenvalue weighted by molar-refractivity contribution is 5.88. The lowest BCUT2D eigenvalue weighted by atomic mass is 10.2. The number of aryl methyl sites for hydroxylation is 2. The van der Waals surface area contributed by atoms with Crippen molar-refractivity contribution in [1.82, 2.24) is 24.9 Å². The number of amides is 1. The van der Waals surface area contributed by atoms with Crippen molar-refractivity contribution in [3.05, 3.63) is 17.0 Å². The van der Waals surface area contributed by atoms with Crippen LogP contribution in [0.3, 0.4) is 0 Å². The summed E-state index contributed by atoms with van der Waals surface area (Å²) in [7, 11) is 1.95. The Morgan fingerprint density at radius 1 is 1.33 bits per heavy atom. The number of piperazine rings is 1. The largest absolute Gasteiger partial charge is 0.356 e. The molecule has 1 aromatic rings. The van der Waals surface area contributed by atoms with E-state index >= 15 is 0 Å². The van der Waals surface area contributed by atoms with Gasteiger partial charge in [0.1, 0.15) is 0 Å². The van der Waals surface area contributed by atoms with Gasteiger partial charge < -0.3 is 15.1 Å². The molecule has 2 aliphatic rings. The lowest BCUT2D eigenvalue weighted by Crippen LogP contribution is -2.55. The lowest BCUT2D eigenvalue weighted by Gasteiger charge is -2.36. The Hall–Kier alpha value is -2.05. The van der Waals surface area contributed by atoms with E-state index in [9.17, 15) is 4.79 Å². The average molecular weight is 332 g/mol. The van der Waals surface area contributed by atoms with E-state index < -0.39 is 0 Å². The number of aromatic nitrogens is 2. The Morgan fingerprint density at radius 3 is 2.62 bits per heavy atom. The van der Waals surface area contributed by atoms with Gasteiger partial charge in [0.25, 0.3) is 0 Å². The van der Waals surface area contributed by atoms with Crippen molar-refractivity contribution in [2.75, 3.05) is 26.2 Å². The molecule has 3 rings (SSSR count). The summed E-state index contributed by atoms with van der Waals surface area (Å²) in [5.74, 6) is 1.05. The van der Waals surface area contributed by atoms with Gasteiger partial charge in [-0.3, -0.25) is 9.48 Å². The van der Waals surface area contributed by atoms with Gasteiger partial charge in [-0.05, 0) is 33.6 Å². The molecular weight excluding hydrogens is 304 g/mol. The topological polar surface area (TPSA) is 65.8 Å². The van der Waals surface area contributed by atoms with Gasteiger partial charge in [-0.2, -0.15) is 5.10 Å². The van der Waals surface area contributed by atoms with Gasteiger partial charge in [-0.25, -0.2) is 4.99 Å². The number of hydrogen-bond acceptors (Lipinski definition) is 3. The highest BCUT2D eigenvalue weighted by atomic mass is 16.2. The van der Waals surface area contributed by atoms with Crippen molar-refractivity contribution in [3.8, 4) is 0 Å². The summed E-state index contributed by atoms with van der Waals surface area (Å²) in [6.07, 6.45) is 2.33. The second kappa shape index (κ2) is 6.83. The maximum atomic E-state index is 12.4. The smallest absolute Gasteiger partial charge is 0.242 e. The van der Waals surface area contributed by atoms with E-state index in [0.29, 0.717) is 19.1 Å². The summed E-state index contributed by atoms with van der Waals surface area (Å²) in [5, 5.41) is 7.77. The van der Waals surface area contributed by atoms with E-state index in [1.54, 1.807) is 0 Å². The van der Waals surface area contributed by atoms with Gasteiger partial charge >= 0.3 is 0 Å². The molecule has 2 fully saturated rings. The zero-order valence-corrected chi connectivity index (χ0v) is 15.2. The number of nitrogens with one attached hydrogen (secondary N) is 1. The molecule has 24 heavy (non-hydrogen) atoms. The fraction of sp³-hybridized carbons (Fsp3) is 0.706. The minimum absolute atomic E-state index is 0.225. The lowest BCUT2D eigenvalue weighted by molar-refractivity contribution is -0.135. The molecule has 0 radical (unpaired) electrons. The molecule has 0 spiro atoms. The standard InChI is InChI=1S/C17H28N6O/c1-5-18-17(19-10-15-12(2)20-21(4)13(15)3)22-8-9-23(14-6-7-14)16(24)11-22/h14H,5-11H2,1-4H3,(H,18,19). The molecule has 132 valence electrons. The van der Waals surface area contributed by atoms with Gasteiger partial charge in [0.2, 0.25) is 5.91 Å². The van der Waals surface area contributed by atoms with Crippen molar-refractivity contribution >= 4 is 11.9 Å². The molecule has 2 heterocycles. The third kappa shape index (κ3) is 3.39. The summed E-state index contributed by atoms with van der Waals surface area (Å²) < 4.78 is 1.89. The van der Waals surface area contributed by atoms with Gasteiger partial charge in [-0.15, -0.1) is 0 Å². The molecule has 0 atom stereocenters. The Bertz CT molecular complexity index is 646. The van der Waals surface area contributed by atoms with Gasteiger partial charge in [0.15, 0.2) is 5.96 Å². The van der Waals surface area contributed by atoms with Crippen LogP contribution < -0.4 is 5.32 Å². The molecule has 1 aliphatic heterocycles. The Balaban J connectivity index is 1.70. The normalized spacial score (nSPS) is 19.2. The van der Waals surface area contributed by atoms with Crippen molar-refractivity contribution < 1.29 is 4.79 Å². The molecule has 7 nitrogen and oxygen atoms in total. The van der Waals surface area contributed by atoms with Crippen LogP contribution in [0, 0.1) is 13.8 Å². The van der Waals surface area contributed by atoms with E-state index in [1.165, 1.54) is 12.8 Å². The van der Waals surface area contributed by atoms with Crippen molar-refractivity contribution in [1.29, 1.82) is 0 Å². The molecule has 1 saturated heterocycles. The van der Waals surface area contributed by atoms with E-state index in [0.717, 1.165) is 42.5 Å². The number of carbonyl (C=O) groups excluding carboxylic acids is 1. The van der Waals surface area contributed by atoms with Crippen LogP contribution in [0.15, 0.2) is 4.99 Å². The highest BCUT2D eigenvalue weighted by Gasteiger charge is 2.36. The fourth-order valence-electron chi connectivity index (χ4n) is 3.27. The first kappa shape index (κ1) is 16.8. The van der Waals surface area contributed by atoms with E-state index in [4.69, 9.17) is 4.99 Å². The third-order valence-electron chi connectivity index (χ3n) is 4.93. The quantitative estimate of drug-likeness (QED) is 0.654. The average Bonchev–Trinajstić information content (AvgIpc) is 3.34. The van der Waals surface area contributed by atoms with E-state index in [2.05, 4.69) is 29.2 Å². The Kier molecular flexibility index (Phi) is 4.78. The van der Waals surface area contributed by atoms with Crippen molar-refractivity contribution in [2.45, 2.75) is 46.2 Å². The van der Waals surface area contributed by atoms with Crippen LogP contribution in [0.5, 0.6) is 0 Å². The van der Waals surface area contributed by atoms with Crippen LogP contribution in [-0.4, -0.2) is 63.7 Å². The Morgan fingerprint density at radius 2 is 2.08 bits per heavy atom. The van der Waals surface area contributed by atoms with Crippen molar-refractivity contribution in [3.63, 3.8) is 0 Å². The molecule has 0 bridgehead atoms. The van der Waals surface area contributed by atoms with Crippen LogP contribution in [-0.2, 0) is 18.4 Å². The number of aliphatic imine (C=N–C) groups is 1. The van der Waals surface area contributed by atoms with Crippen molar-refractivity contribution in [2.24, 2.45) is 12.0 Å². The predicted molar refractivity (Wildman–Crippen MR) is 93.8 cm³/mol. The number of nitrogens with zero attached hydrogens (tertiary/aromatic N) is 5. The van der Waals surface area contributed by atoms with Gasteiger partial charge in [0.05, 0.1) is 18.8 Å². The second-order valence-electron chi connectivity index (χ2n) is 6.68. The van der Waals surface area contributed by atoms with Crippen LogP contribution in [0.4, 0.5) is 0 Å². The number of guanidine groups is 1.